The molecule has 3 aliphatic heterocycles. The Bertz CT molecular complexity index is 355. The van der Waals surface area contributed by atoms with Gasteiger partial charge in [0, 0.05) is 37.4 Å². The maximum atomic E-state index is 6.05. The predicted octanol–water partition coefficient (Wildman–Crippen LogP) is 0.272. The number of guanidine groups is 1. The van der Waals surface area contributed by atoms with Gasteiger partial charge in [-0.05, 0) is 0 Å². The van der Waals surface area contributed by atoms with Crippen LogP contribution in [-0.4, -0.2) is 73.7 Å². The summed E-state index contributed by atoms with van der Waals surface area (Å²) in [4.78, 5) is 6.63. The zero-order valence-electron chi connectivity index (χ0n) is 11.8. The molecule has 3 rings (SSSR count). The fourth-order valence-corrected chi connectivity index (χ4v) is 3.64. The molecule has 1 spiro atoms. The first-order valence-electron chi connectivity index (χ1n) is 7.30. The highest BCUT2D eigenvalue weighted by atomic mass is 32.2. The van der Waals surface area contributed by atoms with Gasteiger partial charge in [0.25, 0.3) is 0 Å². The Kier molecular flexibility index (Phi) is 4.70. The van der Waals surface area contributed by atoms with Gasteiger partial charge in [-0.2, -0.15) is 11.8 Å². The Hall–Kier alpha value is -0.500. The first-order valence-corrected chi connectivity index (χ1v) is 8.45. The molecule has 3 fully saturated rings. The molecule has 0 aromatic heterocycles. The van der Waals surface area contributed by atoms with Gasteiger partial charge in [-0.3, -0.25) is 4.99 Å². The van der Waals surface area contributed by atoms with E-state index < -0.39 is 5.79 Å². The minimum absolute atomic E-state index is 0.0193. The quantitative estimate of drug-likeness (QED) is 0.583. The lowest BCUT2D eigenvalue weighted by atomic mass is 10.1. The lowest BCUT2D eigenvalue weighted by molar-refractivity contribution is -0.210. The van der Waals surface area contributed by atoms with Gasteiger partial charge in [0.2, 0.25) is 0 Å². The third-order valence-electron chi connectivity index (χ3n) is 3.96. The fourth-order valence-electron chi connectivity index (χ4n) is 2.74. The fraction of sp³-hybridized carbons (Fsp3) is 0.923. The first kappa shape index (κ1) is 14.4. The number of rotatable bonds is 2. The van der Waals surface area contributed by atoms with Crippen LogP contribution < -0.4 is 5.73 Å². The van der Waals surface area contributed by atoms with E-state index in [2.05, 4.69) is 9.89 Å². The molecule has 3 saturated heterocycles. The molecule has 1 unspecified atom stereocenters. The summed E-state index contributed by atoms with van der Waals surface area (Å²) in [6.45, 7) is 4.59. The molecule has 0 bridgehead atoms. The highest BCUT2D eigenvalue weighted by Crippen LogP contribution is 2.33. The van der Waals surface area contributed by atoms with E-state index in [1.165, 1.54) is 0 Å². The topological polar surface area (TPSA) is 69.3 Å². The first-order chi connectivity index (χ1) is 9.77. The summed E-state index contributed by atoms with van der Waals surface area (Å²) in [6, 6.07) is 0. The van der Waals surface area contributed by atoms with Crippen LogP contribution in [0.5, 0.6) is 0 Å². The van der Waals surface area contributed by atoms with Crippen molar-refractivity contribution < 1.29 is 14.2 Å². The van der Waals surface area contributed by atoms with Gasteiger partial charge in [0.05, 0.1) is 26.4 Å². The van der Waals surface area contributed by atoms with Crippen molar-refractivity contribution in [3.05, 3.63) is 0 Å². The summed E-state index contributed by atoms with van der Waals surface area (Å²) in [5.74, 6) is 2.47. The molecule has 6 nitrogen and oxygen atoms in total. The lowest BCUT2D eigenvalue weighted by Crippen LogP contribution is -2.43. The average Bonchev–Trinajstić information content (AvgIpc) is 2.89. The number of hydrogen-bond donors (Lipinski definition) is 1. The van der Waals surface area contributed by atoms with E-state index in [9.17, 15) is 0 Å². The molecular formula is C13H23N3O3S. The summed E-state index contributed by atoms with van der Waals surface area (Å²) in [7, 11) is 0. The van der Waals surface area contributed by atoms with E-state index in [0.29, 0.717) is 32.3 Å². The van der Waals surface area contributed by atoms with Crippen molar-refractivity contribution in [2.75, 3.05) is 51.0 Å². The third-order valence-corrected chi connectivity index (χ3v) is 4.90. The van der Waals surface area contributed by atoms with E-state index in [4.69, 9.17) is 19.9 Å². The van der Waals surface area contributed by atoms with Crippen LogP contribution in [0.1, 0.15) is 12.8 Å². The van der Waals surface area contributed by atoms with Crippen molar-refractivity contribution in [3.8, 4) is 0 Å². The Morgan fingerprint density at radius 1 is 1.30 bits per heavy atom. The standard InChI is InChI=1S/C13H23N3O3S/c14-12(16-3-7-20-8-4-16)15-9-11-10-18-13(19-11)1-5-17-6-2-13/h11H,1-10H2,(H2,14,15). The maximum Gasteiger partial charge on any atom is 0.191 e. The van der Waals surface area contributed by atoms with Crippen molar-refractivity contribution in [3.63, 3.8) is 0 Å². The summed E-state index contributed by atoms with van der Waals surface area (Å²) in [6.07, 6.45) is 1.64. The Morgan fingerprint density at radius 2 is 2.05 bits per heavy atom. The van der Waals surface area contributed by atoms with Crippen LogP contribution in [0.2, 0.25) is 0 Å². The van der Waals surface area contributed by atoms with Gasteiger partial charge in [-0.1, -0.05) is 0 Å². The molecule has 0 aromatic carbocycles. The van der Waals surface area contributed by atoms with E-state index in [1.54, 1.807) is 0 Å². The normalized spacial score (nSPS) is 30.9. The summed E-state index contributed by atoms with van der Waals surface area (Å²) >= 11 is 1.97. The second-order valence-corrected chi connectivity index (χ2v) is 6.60. The molecule has 0 amide bonds. The Morgan fingerprint density at radius 3 is 2.80 bits per heavy atom. The van der Waals surface area contributed by atoms with Crippen molar-refractivity contribution in [2.24, 2.45) is 10.7 Å². The number of thioether (sulfide) groups is 1. The summed E-state index contributed by atoms with van der Waals surface area (Å²) in [5, 5.41) is 0. The second kappa shape index (κ2) is 6.51. The lowest BCUT2D eigenvalue weighted by Gasteiger charge is -2.31. The maximum absolute atomic E-state index is 6.05. The molecule has 20 heavy (non-hydrogen) atoms. The largest absolute Gasteiger partial charge is 0.381 e. The Balaban J connectivity index is 1.48. The van der Waals surface area contributed by atoms with Crippen LogP contribution >= 0.6 is 11.8 Å². The Labute approximate surface area is 124 Å². The zero-order valence-corrected chi connectivity index (χ0v) is 12.6. The highest BCUT2D eigenvalue weighted by molar-refractivity contribution is 7.99. The molecule has 0 aliphatic carbocycles. The van der Waals surface area contributed by atoms with Crippen molar-refractivity contribution in [2.45, 2.75) is 24.7 Å². The molecule has 1 atom stereocenters. The van der Waals surface area contributed by atoms with E-state index >= 15 is 0 Å². The van der Waals surface area contributed by atoms with Gasteiger partial charge >= 0.3 is 0 Å². The van der Waals surface area contributed by atoms with Crippen molar-refractivity contribution >= 4 is 17.7 Å². The monoisotopic (exact) mass is 301 g/mol. The molecule has 0 saturated carbocycles. The molecule has 7 heteroatoms. The van der Waals surface area contributed by atoms with Crippen molar-refractivity contribution in [1.29, 1.82) is 0 Å². The van der Waals surface area contributed by atoms with Crippen LogP contribution in [0.15, 0.2) is 4.99 Å². The van der Waals surface area contributed by atoms with Crippen LogP contribution in [0.3, 0.4) is 0 Å². The van der Waals surface area contributed by atoms with Crippen LogP contribution in [0.4, 0.5) is 0 Å². The predicted molar refractivity (Wildman–Crippen MR) is 79.0 cm³/mol. The summed E-state index contributed by atoms with van der Waals surface area (Å²) < 4.78 is 17.2. The molecule has 0 aromatic rings. The van der Waals surface area contributed by atoms with Crippen molar-refractivity contribution in [1.82, 2.24) is 4.90 Å². The van der Waals surface area contributed by atoms with Gasteiger partial charge in [0.15, 0.2) is 11.7 Å². The average molecular weight is 301 g/mol. The van der Waals surface area contributed by atoms with Gasteiger partial charge in [-0.25, -0.2) is 0 Å². The highest BCUT2D eigenvalue weighted by Gasteiger charge is 2.42. The molecule has 0 radical (unpaired) electrons. The number of ether oxygens (including phenoxy) is 3. The van der Waals surface area contributed by atoms with E-state index in [1.807, 2.05) is 11.8 Å². The molecule has 3 heterocycles. The summed E-state index contributed by atoms with van der Waals surface area (Å²) in [5.41, 5.74) is 6.05. The number of nitrogens with zero attached hydrogens (tertiary/aromatic N) is 2. The number of nitrogens with two attached hydrogens (primary N) is 1. The van der Waals surface area contributed by atoms with Gasteiger partial charge in [-0.15, -0.1) is 0 Å². The molecule has 3 aliphatic rings. The van der Waals surface area contributed by atoms with E-state index in [-0.39, 0.29) is 6.10 Å². The SMILES string of the molecule is NC(=NCC1COC2(CCOCC2)O1)N1CCSCC1. The smallest absolute Gasteiger partial charge is 0.191 e. The molecular weight excluding hydrogens is 278 g/mol. The van der Waals surface area contributed by atoms with Gasteiger partial charge in [0.1, 0.15) is 6.10 Å². The molecule has 114 valence electrons. The second-order valence-electron chi connectivity index (χ2n) is 5.37. The van der Waals surface area contributed by atoms with E-state index in [0.717, 1.165) is 37.4 Å². The minimum Gasteiger partial charge on any atom is -0.381 e. The minimum atomic E-state index is -0.422. The van der Waals surface area contributed by atoms with Crippen LogP contribution in [-0.2, 0) is 14.2 Å². The number of aliphatic imine (C=N–C) groups is 1. The zero-order chi connectivity index (χ0) is 13.8. The van der Waals surface area contributed by atoms with Crippen LogP contribution in [0, 0.1) is 0 Å². The third kappa shape index (κ3) is 3.39. The number of hydrogen-bond acceptors (Lipinski definition) is 5. The van der Waals surface area contributed by atoms with Crippen LogP contribution in [0.25, 0.3) is 0 Å². The van der Waals surface area contributed by atoms with Gasteiger partial charge < -0.3 is 24.8 Å². The molecule has 2 N–H and O–H groups in total.